The summed E-state index contributed by atoms with van der Waals surface area (Å²) in [5.74, 6) is -0.260. The lowest BCUT2D eigenvalue weighted by atomic mass is 10.2. The molecule has 3 aromatic rings. The van der Waals surface area contributed by atoms with E-state index in [1.54, 1.807) is 41.4 Å². The molecule has 0 bridgehead atoms. The molecule has 2 aromatic carbocycles. The molecule has 0 atom stereocenters. The van der Waals surface area contributed by atoms with Gasteiger partial charge in [-0.2, -0.15) is 5.10 Å². The molecule has 1 amide bonds. The van der Waals surface area contributed by atoms with Gasteiger partial charge in [0, 0.05) is 32.4 Å². The van der Waals surface area contributed by atoms with Gasteiger partial charge in [0.1, 0.15) is 11.6 Å². The molecule has 0 unspecified atom stereocenters. The summed E-state index contributed by atoms with van der Waals surface area (Å²) in [5, 5.41) is 14.3. The number of aromatic hydroxyl groups is 1. The highest BCUT2D eigenvalue weighted by Gasteiger charge is 2.24. The summed E-state index contributed by atoms with van der Waals surface area (Å²) in [5.41, 5.74) is 1.67. The number of benzene rings is 2. The summed E-state index contributed by atoms with van der Waals surface area (Å²) < 4.78 is 14.9. The SMILES string of the molecule is O=C(c1ccn(-c2cccc(F)c2)n1)N1CCN(c2ccccc2O)CC1. The zero-order valence-electron chi connectivity index (χ0n) is 14.6. The number of aromatic nitrogens is 2. The van der Waals surface area contributed by atoms with E-state index in [-0.39, 0.29) is 17.5 Å². The third-order valence-corrected chi connectivity index (χ3v) is 4.67. The van der Waals surface area contributed by atoms with E-state index in [4.69, 9.17) is 0 Å². The second-order valence-corrected chi connectivity index (χ2v) is 6.39. The van der Waals surface area contributed by atoms with E-state index in [2.05, 4.69) is 10.00 Å². The number of phenols is 1. The van der Waals surface area contributed by atoms with Gasteiger partial charge in [-0.05, 0) is 36.4 Å². The Labute approximate surface area is 156 Å². The van der Waals surface area contributed by atoms with Crippen molar-refractivity contribution in [3.63, 3.8) is 0 Å². The average molecular weight is 366 g/mol. The van der Waals surface area contributed by atoms with Crippen molar-refractivity contribution in [2.24, 2.45) is 0 Å². The maximum absolute atomic E-state index is 13.4. The van der Waals surface area contributed by atoms with Gasteiger partial charge in [0.05, 0.1) is 11.4 Å². The van der Waals surface area contributed by atoms with Crippen LogP contribution in [0.25, 0.3) is 5.69 Å². The van der Waals surface area contributed by atoms with Crippen molar-refractivity contribution in [3.8, 4) is 11.4 Å². The Hall–Kier alpha value is -3.35. The van der Waals surface area contributed by atoms with E-state index < -0.39 is 0 Å². The summed E-state index contributed by atoms with van der Waals surface area (Å²) in [4.78, 5) is 16.5. The lowest BCUT2D eigenvalue weighted by Crippen LogP contribution is -2.48. The first-order valence-corrected chi connectivity index (χ1v) is 8.75. The van der Waals surface area contributed by atoms with Gasteiger partial charge in [0.2, 0.25) is 0 Å². The van der Waals surface area contributed by atoms with Crippen LogP contribution in [0.15, 0.2) is 60.8 Å². The number of hydrogen-bond acceptors (Lipinski definition) is 4. The molecular formula is C20H19FN4O2. The number of carbonyl (C=O) groups excluding carboxylic acids is 1. The van der Waals surface area contributed by atoms with Gasteiger partial charge in [-0.3, -0.25) is 4.79 Å². The number of rotatable bonds is 3. The van der Waals surface area contributed by atoms with Crippen LogP contribution in [0.5, 0.6) is 5.75 Å². The minimum absolute atomic E-state index is 0.151. The second kappa shape index (κ2) is 7.11. The van der Waals surface area contributed by atoms with E-state index in [9.17, 15) is 14.3 Å². The molecule has 1 aliphatic rings. The molecule has 0 aliphatic carbocycles. The summed E-state index contributed by atoms with van der Waals surface area (Å²) in [6.07, 6.45) is 1.65. The zero-order chi connectivity index (χ0) is 18.8. The number of anilines is 1. The minimum atomic E-state index is -0.351. The molecule has 27 heavy (non-hydrogen) atoms. The van der Waals surface area contributed by atoms with E-state index in [1.165, 1.54) is 16.8 Å². The molecule has 1 fully saturated rings. The average Bonchev–Trinajstić information content (AvgIpc) is 3.18. The standard InChI is InChI=1S/C20H19FN4O2/c21-15-4-3-5-16(14-15)25-9-8-17(22-25)20(27)24-12-10-23(11-13-24)18-6-1-2-7-19(18)26/h1-9,14,26H,10-13H2. The van der Waals surface area contributed by atoms with E-state index in [1.807, 2.05) is 12.1 Å². The largest absolute Gasteiger partial charge is 0.506 e. The lowest BCUT2D eigenvalue weighted by molar-refractivity contribution is 0.0740. The Balaban J connectivity index is 1.43. The van der Waals surface area contributed by atoms with Crippen molar-refractivity contribution in [2.75, 3.05) is 31.1 Å². The molecule has 1 aromatic heterocycles. The fourth-order valence-corrected chi connectivity index (χ4v) is 3.24. The highest BCUT2D eigenvalue weighted by molar-refractivity contribution is 5.92. The van der Waals surface area contributed by atoms with Crippen molar-refractivity contribution in [2.45, 2.75) is 0 Å². The zero-order valence-corrected chi connectivity index (χ0v) is 14.6. The Morgan fingerprint density at radius 3 is 2.52 bits per heavy atom. The van der Waals surface area contributed by atoms with E-state index in [0.29, 0.717) is 37.6 Å². The molecular weight excluding hydrogens is 347 g/mol. The van der Waals surface area contributed by atoms with Crippen molar-refractivity contribution in [1.82, 2.24) is 14.7 Å². The molecule has 6 nitrogen and oxygen atoms in total. The monoisotopic (exact) mass is 366 g/mol. The van der Waals surface area contributed by atoms with Gasteiger partial charge in [-0.1, -0.05) is 18.2 Å². The van der Waals surface area contributed by atoms with Crippen molar-refractivity contribution >= 4 is 11.6 Å². The normalized spacial score (nSPS) is 14.4. The summed E-state index contributed by atoms with van der Waals surface area (Å²) in [7, 11) is 0. The quantitative estimate of drug-likeness (QED) is 0.774. The number of nitrogens with zero attached hydrogens (tertiary/aromatic N) is 4. The van der Waals surface area contributed by atoms with E-state index >= 15 is 0 Å². The molecule has 0 spiro atoms. The third-order valence-electron chi connectivity index (χ3n) is 4.67. The Morgan fingerprint density at radius 1 is 1.00 bits per heavy atom. The predicted molar refractivity (Wildman–Crippen MR) is 99.7 cm³/mol. The molecule has 0 saturated carbocycles. The first-order valence-electron chi connectivity index (χ1n) is 8.75. The molecule has 4 rings (SSSR count). The second-order valence-electron chi connectivity index (χ2n) is 6.39. The van der Waals surface area contributed by atoms with Crippen LogP contribution in [0, 0.1) is 5.82 Å². The fraction of sp³-hybridized carbons (Fsp3) is 0.200. The highest BCUT2D eigenvalue weighted by atomic mass is 19.1. The van der Waals surface area contributed by atoms with Gasteiger partial charge >= 0.3 is 0 Å². The number of amides is 1. The molecule has 138 valence electrons. The van der Waals surface area contributed by atoms with Gasteiger partial charge in [-0.15, -0.1) is 0 Å². The van der Waals surface area contributed by atoms with Crippen LogP contribution in [0.4, 0.5) is 10.1 Å². The van der Waals surface area contributed by atoms with Gasteiger partial charge in [0.15, 0.2) is 5.69 Å². The van der Waals surface area contributed by atoms with Crippen LogP contribution >= 0.6 is 0 Å². The first-order chi connectivity index (χ1) is 13.1. The van der Waals surface area contributed by atoms with Gasteiger partial charge in [-0.25, -0.2) is 9.07 Å². The van der Waals surface area contributed by atoms with Gasteiger partial charge in [0.25, 0.3) is 5.91 Å². The van der Waals surface area contributed by atoms with Crippen LogP contribution in [-0.2, 0) is 0 Å². The van der Waals surface area contributed by atoms with Crippen LogP contribution in [0.3, 0.4) is 0 Å². The summed E-state index contributed by atoms with van der Waals surface area (Å²) in [6, 6.07) is 14.9. The Bertz CT molecular complexity index is 964. The smallest absolute Gasteiger partial charge is 0.274 e. The number of halogens is 1. The van der Waals surface area contributed by atoms with Crippen LogP contribution in [-0.4, -0.2) is 51.9 Å². The van der Waals surface area contributed by atoms with Crippen molar-refractivity contribution < 1.29 is 14.3 Å². The van der Waals surface area contributed by atoms with Crippen LogP contribution in [0.2, 0.25) is 0 Å². The molecule has 1 aliphatic heterocycles. The fourth-order valence-electron chi connectivity index (χ4n) is 3.24. The lowest BCUT2D eigenvalue weighted by Gasteiger charge is -2.36. The number of para-hydroxylation sites is 2. The number of phenolic OH excluding ortho intramolecular Hbond substituents is 1. The van der Waals surface area contributed by atoms with Crippen LogP contribution < -0.4 is 4.90 Å². The van der Waals surface area contributed by atoms with Crippen molar-refractivity contribution in [3.05, 3.63) is 72.3 Å². The summed E-state index contributed by atoms with van der Waals surface area (Å²) >= 11 is 0. The number of hydrogen-bond donors (Lipinski definition) is 1. The maximum Gasteiger partial charge on any atom is 0.274 e. The van der Waals surface area contributed by atoms with E-state index in [0.717, 1.165) is 5.69 Å². The molecule has 1 N–H and O–H groups in total. The molecule has 2 heterocycles. The first kappa shape index (κ1) is 17.1. The Morgan fingerprint density at radius 2 is 1.78 bits per heavy atom. The highest BCUT2D eigenvalue weighted by Crippen LogP contribution is 2.27. The Kier molecular flexibility index (Phi) is 4.50. The summed E-state index contributed by atoms with van der Waals surface area (Å²) in [6.45, 7) is 2.35. The minimum Gasteiger partial charge on any atom is -0.506 e. The topological polar surface area (TPSA) is 61.6 Å². The van der Waals surface area contributed by atoms with Crippen molar-refractivity contribution in [1.29, 1.82) is 0 Å². The molecule has 0 radical (unpaired) electrons. The molecule has 1 saturated heterocycles. The third kappa shape index (κ3) is 3.48. The number of piperazine rings is 1. The predicted octanol–water partition coefficient (Wildman–Crippen LogP) is 2.68. The number of carbonyl (C=O) groups is 1. The molecule has 7 heteroatoms. The van der Waals surface area contributed by atoms with Gasteiger partial charge < -0.3 is 14.9 Å². The van der Waals surface area contributed by atoms with Crippen LogP contribution in [0.1, 0.15) is 10.5 Å². The maximum atomic E-state index is 13.4.